The quantitative estimate of drug-likeness (QED) is 0.671. The molecule has 0 aliphatic carbocycles. The highest BCUT2D eigenvalue weighted by Gasteiger charge is 2.31. The molecule has 5 rings (SSSR count). The molecule has 3 aromatic rings. The summed E-state index contributed by atoms with van der Waals surface area (Å²) in [4.78, 5) is 12.3. The van der Waals surface area contributed by atoms with Gasteiger partial charge in [0, 0.05) is 56.6 Å². The van der Waals surface area contributed by atoms with Crippen molar-refractivity contribution >= 4 is 5.69 Å². The molecule has 8 heteroatoms. The molecular weight excluding hydrogens is 405 g/mol. The maximum Gasteiger partial charge on any atom is 0.416 e. The summed E-state index contributed by atoms with van der Waals surface area (Å²) >= 11 is 0. The number of piperazine rings is 1. The molecule has 1 fully saturated rings. The molecule has 2 aliphatic heterocycles. The number of halogens is 3. The third kappa shape index (κ3) is 4.25. The van der Waals surface area contributed by atoms with E-state index < -0.39 is 11.7 Å². The van der Waals surface area contributed by atoms with Gasteiger partial charge >= 0.3 is 6.18 Å². The zero-order chi connectivity index (χ0) is 21.4. The SMILES string of the molecule is FC(F)(F)c1cccc(N2CCN(Cc3c[nH]c(-c4ccc5c(c4)CCO5)n3)CC2)c1. The van der Waals surface area contributed by atoms with Crippen LogP contribution in [-0.4, -0.2) is 47.7 Å². The summed E-state index contributed by atoms with van der Waals surface area (Å²) in [6.07, 6.45) is -1.47. The summed E-state index contributed by atoms with van der Waals surface area (Å²) in [6, 6.07) is 11.7. The predicted molar refractivity (Wildman–Crippen MR) is 112 cm³/mol. The Morgan fingerprint density at radius 2 is 1.87 bits per heavy atom. The van der Waals surface area contributed by atoms with Crippen LogP contribution in [0, 0.1) is 0 Å². The van der Waals surface area contributed by atoms with Gasteiger partial charge in [0.05, 0.1) is 17.9 Å². The molecule has 0 saturated carbocycles. The Morgan fingerprint density at radius 3 is 2.68 bits per heavy atom. The normalized spacial score (nSPS) is 16.9. The molecule has 0 radical (unpaired) electrons. The van der Waals surface area contributed by atoms with Gasteiger partial charge in [0.1, 0.15) is 11.6 Å². The van der Waals surface area contributed by atoms with E-state index in [9.17, 15) is 13.2 Å². The number of hydrogen-bond donors (Lipinski definition) is 1. The molecule has 2 aromatic carbocycles. The fourth-order valence-electron chi connectivity index (χ4n) is 4.19. The van der Waals surface area contributed by atoms with Crippen molar-refractivity contribution in [1.29, 1.82) is 0 Å². The fraction of sp³-hybridized carbons (Fsp3) is 0.348. The summed E-state index contributed by atoms with van der Waals surface area (Å²) in [5, 5.41) is 0. The highest BCUT2D eigenvalue weighted by molar-refractivity contribution is 5.59. The first-order valence-electron chi connectivity index (χ1n) is 10.4. The second-order valence-electron chi connectivity index (χ2n) is 7.97. The number of hydrogen-bond acceptors (Lipinski definition) is 4. The topological polar surface area (TPSA) is 44.4 Å². The smallest absolute Gasteiger partial charge is 0.416 e. The van der Waals surface area contributed by atoms with E-state index in [0.29, 0.717) is 25.3 Å². The van der Waals surface area contributed by atoms with E-state index in [2.05, 4.69) is 16.0 Å². The molecule has 1 N–H and O–H groups in total. The standard InChI is InChI=1S/C23H23F3N4O/c24-23(25,26)18-2-1-3-20(13-18)30-9-7-29(8-10-30)15-19-14-27-22(28-19)17-4-5-21-16(12-17)6-11-31-21/h1-5,12-14H,6-11,15H2,(H,27,28). The van der Waals surface area contributed by atoms with Gasteiger partial charge in [-0.3, -0.25) is 4.90 Å². The van der Waals surface area contributed by atoms with Gasteiger partial charge in [0.25, 0.3) is 0 Å². The van der Waals surface area contributed by atoms with Crippen molar-refractivity contribution in [2.45, 2.75) is 19.1 Å². The number of benzene rings is 2. The molecule has 3 heterocycles. The summed E-state index contributed by atoms with van der Waals surface area (Å²) in [5.74, 6) is 1.79. The monoisotopic (exact) mass is 428 g/mol. The molecule has 1 saturated heterocycles. The lowest BCUT2D eigenvalue weighted by Crippen LogP contribution is -2.46. The van der Waals surface area contributed by atoms with Crippen LogP contribution in [0.5, 0.6) is 5.75 Å². The second kappa shape index (κ2) is 7.92. The van der Waals surface area contributed by atoms with E-state index in [0.717, 1.165) is 55.0 Å². The van der Waals surface area contributed by atoms with Crippen LogP contribution in [0.4, 0.5) is 18.9 Å². The number of alkyl halides is 3. The number of imidazole rings is 1. The van der Waals surface area contributed by atoms with Crippen LogP contribution in [0.15, 0.2) is 48.7 Å². The molecule has 31 heavy (non-hydrogen) atoms. The van der Waals surface area contributed by atoms with E-state index in [1.807, 2.05) is 23.2 Å². The largest absolute Gasteiger partial charge is 0.493 e. The van der Waals surface area contributed by atoms with Crippen molar-refractivity contribution in [3.63, 3.8) is 0 Å². The third-order valence-electron chi connectivity index (χ3n) is 5.89. The number of aromatic amines is 1. The van der Waals surface area contributed by atoms with Crippen LogP contribution >= 0.6 is 0 Å². The van der Waals surface area contributed by atoms with E-state index in [4.69, 9.17) is 9.72 Å². The van der Waals surface area contributed by atoms with Crippen molar-refractivity contribution in [2.75, 3.05) is 37.7 Å². The predicted octanol–water partition coefficient (Wildman–Crippen LogP) is 4.35. The van der Waals surface area contributed by atoms with Crippen LogP contribution in [-0.2, 0) is 19.1 Å². The molecular formula is C23H23F3N4O. The number of aromatic nitrogens is 2. The summed E-state index contributed by atoms with van der Waals surface area (Å²) in [6.45, 7) is 4.35. The number of anilines is 1. The van der Waals surface area contributed by atoms with Gasteiger partial charge in [-0.25, -0.2) is 4.98 Å². The number of nitrogens with zero attached hydrogens (tertiary/aromatic N) is 3. The molecule has 0 spiro atoms. The first-order chi connectivity index (χ1) is 15.0. The van der Waals surface area contributed by atoms with Crippen LogP contribution in [0.25, 0.3) is 11.4 Å². The highest BCUT2D eigenvalue weighted by Crippen LogP contribution is 2.32. The Labute approximate surface area is 178 Å². The average Bonchev–Trinajstić information content (AvgIpc) is 3.42. The lowest BCUT2D eigenvalue weighted by Gasteiger charge is -2.36. The molecule has 0 atom stereocenters. The van der Waals surface area contributed by atoms with Crippen molar-refractivity contribution in [2.24, 2.45) is 0 Å². The molecule has 0 unspecified atom stereocenters. The van der Waals surface area contributed by atoms with Gasteiger partial charge in [0.2, 0.25) is 0 Å². The Hall–Kier alpha value is -3.00. The van der Waals surface area contributed by atoms with E-state index in [1.54, 1.807) is 6.07 Å². The fourth-order valence-corrected chi connectivity index (χ4v) is 4.19. The lowest BCUT2D eigenvalue weighted by atomic mass is 10.1. The van der Waals surface area contributed by atoms with Gasteiger partial charge in [-0.2, -0.15) is 13.2 Å². The molecule has 2 aliphatic rings. The number of ether oxygens (including phenoxy) is 1. The van der Waals surface area contributed by atoms with Gasteiger partial charge in [0.15, 0.2) is 0 Å². The summed E-state index contributed by atoms with van der Waals surface area (Å²) in [7, 11) is 0. The number of rotatable bonds is 4. The Kier molecular flexibility index (Phi) is 5.09. The summed E-state index contributed by atoms with van der Waals surface area (Å²) < 4.78 is 44.5. The van der Waals surface area contributed by atoms with Crippen molar-refractivity contribution in [1.82, 2.24) is 14.9 Å². The average molecular weight is 428 g/mol. The van der Waals surface area contributed by atoms with E-state index in [-0.39, 0.29) is 0 Å². The van der Waals surface area contributed by atoms with Crippen LogP contribution in [0.2, 0.25) is 0 Å². The van der Waals surface area contributed by atoms with E-state index in [1.165, 1.54) is 17.7 Å². The Morgan fingerprint density at radius 1 is 1.03 bits per heavy atom. The Bertz CT molecular complexity index is 1070. The van der Waals surface area contributed by atoms with Crippen LogP contribution in [0.3, 0.4) is 0 Å². The minimum atomic E-state index is -4.32. The van der Waals surface area contributed by atoms with Crippen LogP contribution < -0.4 is 9.64 Å². The van der Waals surface area contributed by atoms with Crippen molar-refractivity contribution in [3.05, 3.63) is 65.5 Å². The van der Waals surface area contributed by atoms with Gasteiger partial charge in [-0.05, 0) is 42.0 Å². The van der Waals surface area contributed by atoms with Gasteiger partial charge in [-0.1, -0.05) is 6.07 Å². The molecule has 5 nitrogen and oxygen atoms in total. The zero-order valence-electron chi connectivity index (χ0n) is 17.0. The maximum absolute atomic E-state index is 13.0. The molecule has 0 bridgehead atoms. The number of H-pyrrole nitrogens is 1. The van der Waals surface area contributed by atoms with Crippen molar-refractivity contribution < 1.29 is 17.9 Å². The first kappa shape index (κ1) is 19.9. The third-order valence-corrected chi connectivity index (χ3v) is 5.89. The lowest BCUT2D eigenvalue weighted by molar-refractivity contribution is -0.137. The van der Waals surface area contributed by atoms with Gasteiger partial charge < -0.3 is 14.6 Å². The zero-order valence-corrected chi connectivity index (χ0v) is 17.0. The second-order valence-corrected chi connectivity index (χ2v) is 7.97. The molecule has 1 aromatic heterocycles. The van der Waals surface area contributed by atoms with E-state index >= 15 is 0 Å². The molecule has 162 valence electrons. The first-order valence-corrected chi connectivity index (χ1v) is 10.4. The number of fused-ring (bicyclic) bond motifs is 1. The minimum Gasteiger partial charge on any atom is -0.493 e. The van der Waals surface area contributed by atoms with Crippen LogP contribution in [0.1, 0.15) is 16.8 Å². The highest BCUT2D eigenvalue weighted by atomic mass is 19.4. The van der Waals surface area contributed by atoms with Crippen molar-refractivity contribution in [3.8, 4) is 17.1 Å². The number of nitrogens with one attached hydrogen (secondary N) is 1. The minimum absolute atomic E-state index is 0.602. The summed E-state index contributed by atoms with van der Waals surface area (Å²) in [5.41, 5.74) is 3.23. The van der Waals surface area contributed by atoms with Gasteiger partial charge in [-0.15, -0.1) is 0 Å². The maximum atomic E-state index is 13.0. The Balaban J connectivity index is 1.20. The molecule has 0 amide bonds.